The third-order valence-corrected chi connectivity index (χ3v) is 2.29. The average molecular weight is 250 g/mol. The Kier molecular flexibility index (Phi) is 6.81. The van der Waals surface area contributed by atoms with Gasteiger partial charge in [0, 0.05) is 20.2 Å². The van der Waals surface area contributed by atoms with Crippen LogP contribution < -0.4 is 10.1 Å². The molecule has 1 atom stereocenters. The van der Waals surface area contributed by atoms with Crippen LogP contribution in [0.25, 0.3) is 0 Å². The summed E-state index contributed by atoms with van der Waals surface area (Å²) in [6, 6.07) is 8.81. The third kappa shape index (κ3) is 5.64. The van der Waals surface area contributed by atoms with Crippen LogP contribution in [0.3, 0.4) is 0 Å². The predicted molar refractivity (Wildman–Crippen MR) is 67.4 cm³/mol. The maximum absolute atomic E-state index is 9.63. The zero-order valence-corrected chi connectivity index (χ0v) is 10.4. The molecule has 0 amide bonds. The average Bonchev–Trinajstić information content (AvgIpc) is 2.42. The van der Waals surface area contributed by atoms with Gasteiger partial charge in [0.25, 0.3) is 0 Å². The number of hydrogen-bond acceptors (Lipinski definition) is 5. The molecule has 0 aliphatic rings. The number of aliphatic hydroxyl groups excluding tert-OH is 1. The van der Waals surface area contributed by atoms with Gasteiger partial charge in [-0.25, -0.2) is 0 Å². The van der Waals surface area contributed by atoms with Gasteiger partial charge in [-0.15, -0.1) is 0 Å². The van der Waals surface area contributed by atoms with E-state index >= 15 is 0 Å². The van der Waals surface area contributed by atoms with Crippen molar-refractivity contribution in [3.05, 3.63) is 29.8 Å². The number of nitrogens with zero attached hydrogens (tertiary/aromatic N) is 1. The van der Waals surface area contributed by atoms with Crippen LogP contribution in [-0.2, 0) is 4.74 Å². The number of nitriles is 1. The SMILES string of the molecule is COCCNCC(O)COc1ccc(C#N)cc1. The maximum Gasteiger partial charge on any atom is 0.119 e. The van der Waals surface area contributed by atoms with E-state index in [1.54, 1.807) is 31.4 Å². The van der Waals surface area contributed by atoms with Crippen molar-refractivity contribution >= 4 is 0 Å². The van der Waals surface area contributed by atoms with Crippen LogP contribution in [0.5, 0.6) is 5.75 Å². The molecule has 0 spiro atoms. The molecule has 5 nitrogen and oxygen atoms in total. The lowest BCUT2D eigenvalue weighted by atomic mass is 10.2. The molecule has 2 N–H and O–H groups in total. The van der Waals surface area contributed by atoms with Gasteiger partial charge in [0.15, 0.2) is 0 Å². The number of methoxy groups -OCH3 is 1. The maximum atomic E-state index is 9.63. The van der Waals surface area contributed by atoms with E-state index in [0.29, 0.717) is 31.0 Å². The van der Waals surface area contributed by atoms with Gasteiger partial charge >= 0.3 is 0 Å². The summed E-state index contributed by atoms with van der Waals surface area (Å²) in [7, 11) is 1.63. The van der Waals surface area contributed by atoms with E-state index in [1.165, 1.54) is 0 Å². The number of nitrogens with one attached hydrogen (secondary N) is 1. The van der Waals surface area contributed by atoms with E-state index in [4.69, 9.17) is 14.7 Å². The van der Waals surface area contributed by atoms with Crippen molar-refractivity contribution in [2.45, 2.75) is 6.10 Å². The molecule has 0 heterocycles. The standard InChI is InChI=1S/C13H18N2O3/c1-17-7-6-15-9-12(16)10-18-13-4-2-11(8-14)3-5-13/h2-5,12,15-16H,6-7,9-10H2,1H3. The Morgan fingerprint density at radius 1 is 1.39 bits per heavy atom. The second kappa shape index (κ2) is 8.48. The van der Waals surface area contributed by atoms with Crippen LogP contribution in [0.1, 0.15) is 5.56 Å². The highest BCUT2D eigenvalue weighted by Gasteiger charge is 2.04. The molecule has 0 saturated carbocycles. The van der Waals surface area contributed by atoms with Crippen LogP contribution in [-0.4, -0.2) is 44.6 Å². The largest absolute Gasteiger partial charge is 0.491 e. The summed E-state index contributed by atoms with van der Waals surface area (Å²) in [5, 5.41) is 21.3. The van der Waals surface area contributed by atoms with E-state index in [0.717, 1.165) is 0 Å². The Labute approximate surface area is 107 Å². The number of benzene rings is 1. The first-order chi connectivity index (χ1) is 8.76. The van der Waals surface area contributed by atoms with E-state index < -0.39 is 6.10 Å². The van der Waals surface area contributed by atoms with Crippen LogP contribution in [0.15, 0.2) is 24.3 Å². The van der Waals surface area contributed by atoms with Gasteiger partial charge in [-0.05, 0) is 24.3 Å². The minimum atomic E-state index is -0.572. The van der Waals surface area contributed by atoms with Crippen molar-refractivity contribution in [2.24, 2.45) is 0 Å². The lowest BCUT2D eigenvalue weighted by molar-refractivity contribution is 0.103. The summed E-state index contributed by atoms with van der Waals surface area (Å²) in [6.45, 7) is 1.99. The molecular formula is C13H18N2O3. The molecule has 0 aliphatic heterocycles. The van der Waals surface area contributed by atoms with Crippen molar-refractivity contribution in [1.82, 2.24) is 5.32 Å². The van der Waals surface area contributed by atoms with Gasteiger partial charge in [0.1, 0.15) is 18.5 Å². The van der Waals surface area contributed by atoms with Gasteiger partial charge in [-0.2, -0.15) is 5.26 Å². The van der Waals surface area contributed by atoms with Gasteiger partial charge in [0.05, 0.1) is 18.2 Å². The topological polar surface area (TPSA) is 74.5 Å². The van der Waals surface area contributed by atoms with Crippen molar-refractivity contribution in [3.63, 3.8) is 0 Å². The van der Waals surface area contributed by atoms with Crippen LogP contribution in [0, 0.1) is 11.3 Å². The minimum absolute atomic E-state index is 0.214. The highest BCUT2D eigenvalue weighted by molar-refractivity contribution is 5.34. The predicted octanol–water partition coefficient (Wildman–Crippen LogP) is 0.534. The fourth-order valence-corrected chi connectivity index (χ4v) is 1.32. The fourth-order valence-electron chi connectivity index (χ4n) is 1.32. The van der Waals surface area contributed by atoms with Crippen molar-refractivity contribution in [3.8, 4) is 11.8 Å². The third-order valence-electron chi connectivity index (χ3n) is 2.29. The molecule has 0 aromatic heterocycles. The Morgan fingerprint density at radius 2 is 2.11 bits per heavy atom. The summed E-state index contributed by atoms with van der Waals surface area (Å²) < 4.78 is 10.3. The molecule has 5 heteroatoms. The Bertz CT molecular complexity index is 373. The van der Waals surface area contributed by atoms with E-state index in [-0.39, 0.29) is 6.61 Å². The fraction of sp³-hybridized carbons (Fsp3) is 0.462. The highest BCUT2D eigenvalue weighted by Crippen LogP contribution is 2.11. The summed E-state index contributed by atoms with van der Waals surface area (Å²) in [6.07, 6.45) is -0.572. The molecule has 0 fully saturated rings. The molecular weight excluding hydrogens is 232 g/mol. The molecule has 0 radical (unpaired) electrons. The van der Waals surface area contributed by atoms with Crippen molar-refractivity contribution in [1.29, 1.82) is 5.26 Å². The van der Waals surface area contributed by atoms with Crippen molar-refractivity contribution in [2.75, 3.05) is 33.4 Å². The van der Waals surface area contributed by atoms with Crippen LogP contribution in [0.2, 0.25) is 0 Å². The Balaban J connectivity index is 2.21. The minimum Gasteiger partial charge on any atom is -0.491 e. The first kappa shape index (κ1) is 14.5. The molecule has 18 heavy (non-hydrogen) atoms. The quantitative estimate of drug-likeness (QED) is 0.658. The molecule has 0 bridgehead atoms. The summed E-state index contributed by atoms with van der Waals surface area (Å²) in [5.74, 6) is 0.643. The van der Waals surface area contributed by atoms with E-state index in [9.17, 15) is 5.11 Å². The summed E-state index contributed by atoms with van der Waals surface area (Å²) >= 11 is 0. The van der Waals surface area contributed by atoms with Crippen molar-refractivity contribution < 1.29 is 14.6 Å². The number of hydrogen-bond donors (Lipinski definition) is 2. The molecule has 1 rings (SSSR count). The normalized spacial score (nSPS) is 11.8. The second-order valence-electron chi connectivity index (χ2n) is 3.80. The number of aliphatic hydroxyl groups is 1. The number of ether oxygens (including phenoxy) is 2. The Hall–Kier alpha value is -1.61. The lowest BCUT2D eigenvalue weighted by Gasteiger charge is -2.13. The summed E-state index contributed by atoms with van der Waals surface area (Å²) in [5.41, 5.74) is 0.587. The molecule has 98 valence electrons. The second-order valence-corrected chi connectivity index (χ2v) is 3.80. The first-order valence-electron chi connectivity index (χ1n) is 5.77. The van der Waals surface area contributed by atoms with Gasteiger partial charge in [0.2, 0.25) is 0 Å². The van der Waals surface area contributed by atoms with Crippen LogP contribution >= 0.6 is 0 Å². The first-order valence-corrected chi connectivity index (χ1v) is 5.77. The lowest BCUT2D eigenvalue weighted by Crippen LogP contribution is -2.33. The number of rotatable bonds is 8. The molecule has 0 saturated heterocycles. The van der Waals surface area contributed by atoms with E-state index in [1.807, 2.05) is 6.07 Å². The summed E-state index contributed by atoms with van der Waals surface area (Å²) in [4.78, 5) is 0. The van der Waals surface area contributed by atoms with Gasteiger partial charge in [-0.3, -0.25) is 0 Å². The highest BCUT2D eigenvalue weighted by atomic mass is 16.5. The molecule has 0 aliphatic carbocycles. The van der Waals surface area contributed by atoms with E-state index in [2.05, 4.69) is 5.32 Å². The molecule has 1 aromatic rings. The smallest absolute Gasteiger partial charge is 0.119 e. The Morgan fingerprint density at radius 3 is 2.72 bits per heavy atom. The van der Waals surface area contributed by atoms with Gasteiger partial charge in [-0.1, -0.05) is 0 Å². The van der Waals surface area contributed by atoms with Crippen LogP contribution in [0.4, 0.5) is 0 Å². The zero-order valence-electron chi connectivity index (χ0n) is 10.4. The zero-order chi connectivity index (χ0) is 13.2. The molecule has 1 unspecified atom stereocenters. The van der Waals surface area contributed by atoms with Gasteiger partial charge < -0.3 is 19.9 Å². The monoisotopic (exact) mass is 250 g/mol. The molecule has 1 aromatic carbocycles.